The minimum atomic E-state index is -0.781. The van der Waals surface area contributed by atoms with Crippen molar-refractivity contribution in [2.45, 2.75) is 252 Å². The highest BCUT2D eigenvalue weighted by atomic mass is 16.6. The maximum Gasteiger partial charge on any atom is 0.306 e. The maximum atomic E-state index is 12.7. The Morgan fingerprint density at radius 2 is 0.638 bits per heavy atom. The second kappa shape index (κ2) is 47.1. The van der Waals surface area contributed by atoms with Gasteiger partial charge in [0.2, 0.25) is 0 Å². The van der Waals surface area contributed by atoms with Gasteiger partial charge >= 0.3 is 17.9 Å². The molecule has 0 saturated carbocycles. The van der Waals surface area contributed by atoms with Crippen LogP contribution in [0.2, 0.25) is 0 Å². The molecule has 0 rings (SSSR count). The Bertz CT molecular complexity index is 1030. The molecule has 0 bridgehead atoms. The zero-order valence-corrected chi connectivity index (χ0v) is 38.3. The lowest BCUT2D eigenvalue weighted by molar-refractivity contribution is -0.167. The Hall–Kier alpha value is -2.63. The molecule has 6 nitrogen and oxygen atoms in total. The fourth-order valence-corrected chi connectivity index (χ4v) is 6.85. The number of rotatable bonds is 44. The summed E-state index contributed by atoms with van der Waals surface area (Å²) in [4.78, 5) is 37.8. The van der Waals surface area contributed by atoms with E-state index >= 15 is 0 Å². The van der Waals surface area contributed by atoms with Crippen molar-refractivity contribution in [1.29, 1.82) is 0 Å². The maximum absolute atomic E-state index is 12.7. The van der Waals surface area contributed by atoms with E-state index < -0.39 is 6.10 Å². The summed E-state index contributed by atoms with van der Waals surface area (Å²) in [5, 5.41) is 0. The smallest absolute Gasteiger partial charge is 0.306 e. The van der Waals surface area contributed by atoms with Crippen LogP contribution in [0.4, 0.5) is 0 Å². The van der Waals surface area contributed by atoms with E-state index in [0.29, 0.717) is 19.3 Å². The molecule has 1 atom stereocenters. The van der Waals surface area contributed by atoms with Crippen molar-refractivity contribution < 1.29 is 28.6 Å². The van der Waals surface area contributed by atoms with Crippen molar-refractivity contribution in [2.24, 2.45) is 0 Å². The van der Waals surface area contributed by atoms with E-state index in [1.807, 2.05) is 0 Å². The largest absolute Gasteiger partial charge is 0.462 e. The van der Waals surface area contributed by atoms with Gasteiger partial charge < -0.3 is 14.2 Å². The topological polar surface area (TPSA) is 78.9 Å². The minimum absolute atomic E-state index is 0.0816. The molecule has 0 saturated heterocycles. The van der Waals surface area contributed by atoms with E-state index in [-0.39, 0.29) is 31.1 Å². The predicted molar refractivity (Wildman–Crippen MR) is 247 cm³/mol. The fraction of sp³-hybridized carbons (Fsp3) is 0.788. The Morgan fingerprint density at radius 3 is 1.03 bits per heavy atom. The number of carbonyl (C=O) groups is 3. The van der Waals surface area contributed by atoms with Gasteiger partial charge in [0.1, 0.15) is 13.2 Å². The normalized spacial score (nSPS) is 12.4. The van der Waals surface area contributed by atoms with E-state index in [2.05, 4.69) is 69.4 Å². The van der Waals surface area contributed by atoms with Crippen LogP contribution in [-0.2, 0) is 28.6 Å². The van der Waals surface area contributed by atoms with Gasteiger partial charge in [-0.15, -0.1) is 0 Å². The second-order valence-corrected chi connectivity index (χ2v) is 16.4. The summed E-state index contributed by atoms with van der Waals surface area (Å²) in [7, 11) is 0. The number of unbranched alkanes of at least 4 members (excludes halogenated alkanes) is 27. The Labute approximate surface area is 358 Å². The van der Waals surface area contributed by atoms with E-state index in [1.165, 1.54) is 116 Å². The number of hydrogen-bond donors (Lipinski definition) is 0. The monoisotopic (exact) mass is 813 g/mol. The lowest BCUT2D eigenvalue weighted by atomic mass is 10.1. The van der Waals surface area contributed by atoms with Crippen LogP contribution in [0.5, 0.6) is 0 Å². The van der Waals surface area contributed by atoms with Gasteiger partial charge in [-0.3, -0.25) is 14.4 Å². The molecule has 0 spiro atoms. The molecule has 0 aromatic rings. The summed E-state index contributed by atoms with van der Waals surface area (Å²) in [6.45, 7) is 6.56. The van der Waals surface area contributed by atoms with Crippen LogP contribution < -0.4 is 0 Å². The highest BCUT2D eigenvalue weighted by molar-refractivity contribution is 5.71. The molecule has 0 fully saturated rings. The Kier molecular flexibility index (Phi) is 44.9. The molecular weight excluding hydrogens is 721 g/mol. The van der Waals surface area contributed by atoms with Crippen molar-refractivity contribution in [1.82, 2.24) is 0 Å². The lowest BCUT2D eigenvalue weighted by Crippen LogP contribution is -2.30. The SMILES string of the molecule is CCCCC/C=C\CCCCCCCC(=O)OC(COC(=O)CCCCCCC\C=C/C=C\C=C/CCCCCCC)COC(=O)CCCCCCCCCCCC. The van der Waals surface area contributed by atoms with E-state index in [1.54, 1.807) is 0 Å². The summed E-state index contributed by atoms with van der Waals surface area (Å²) >= 11 is 0. The molecule has 0 aliphatic rings. The molecule has 58 heavy (non-hydrogen) atoms. The van der Waals surface area contributed by atoms with Gasteiger partial charge in [0.05, 0.1) is 0 Å². The quantitative estimate of drug-likeness (QED) is 0.0200. The third-order valence-corrected chi connectivity index (χ3v) is 10.6. The molecule has 0 heterocycles. The number of allylic oxidation sites excluding steroid dienone is 8. The van der Waals surface area contributed by atoms with Gasteiger partial charge in [0.25, 0.3) is 0 Å². The summed E-state index contributed by atoms with van der Waals surface area (Å²) in [6.07, 6.45) is 55.2. The molecule has 0 N–H and O–H groups in total. The zero-order chi connectivity index (χ0) is 42.3. The van der Waals surface area contributed by atoms with Crippen molar-refractivity contribution in [3.05, 3.63) is 48.6 Å². The highest BCUT2D eigenvalue weighted by Gasteiger charge is 2.19. The van der Waals surface area contributed by atoms with Gasteiger partial charge in [0.15, 0.2) is 6.10 Å². The van der Waals surface area contributed by atoms with Crippen LogP contribution in [-0.4, -0.2) is 37.2 Å². The van der Waals surface area contributed by atoms with Gasteiger partial charge in [-0.05, 0) is 70.6 Å². The van der Waals surface area contributed by atoms with Crippen LogP contribution in [0.15, 0.2) is 48.6 Å². The van der Waals surface area contributed by atoms with Crippen LogP contribution in [0.25, 0.3) is 0 Å². The molecule has 336 valence electrons. The van der Waals surface area contributed by atoms with Crippen LogP contribution in [0, 0.1) is 0 Å². The van der Waals surface area contributed by atoms with Gasteiger partial charge in [-0.25, -0.2) is 0 Å². The van der Waals surface area contributed by atoms with Crippen LogP contribution >= 0.6 is 0 Å². The minimum Gasteiger partial charge on any atom is -0.462 e. The van der Waals surface area contributed by atoms with E-state index in [0.717, 1.165) is 89.9 Å². The molecule has 0 aliphatic carbocycles. The number of esters is 3. The summed E-state index contributed by atoms with van der Waals surface area (Å²) in [6, 6.07) is 0. The number of ether oxygens (including phenoxy) is 3. The molecule has 0 aromatic heterocycles. The molecule has 0 aromatic carbocycles. The lowest BCUT2D eigenvalue weighted by Gasteiger charge is -2.18. The Balaban J connectivity index is 4.38. The molecule has 1 unspecified atom stereocenters. The van der Waals surface area contributed by atoms with Gasteiger partial charge in [-0.2, -0.15) is 0 Å². The first-order chi connectivity index (χ1) is 28.5. The average molecular weight is 813 g/mol. The first kappa shape index (κ1) is 55.4. The molecule has 6 heteroatoms. The zero-order valence-electron chi connectivity index (χ0n) is 38.3. The van der Waals surface area contributed by atoms with E-state index in [9.17, 15) is 14.4 Å². The standard InChI is InChI=1S/C52H92O6/c1-4-7-10-13-16-19-22-24-25-26-27-28-29-31-33-36-39-42-45-51(54)57-48-49(47-56-50(53)44-41-38-35-32-21-18-15-12-9-6-3)58-52(55)46-43-40-37-34-30-23-20-17-14-11-8-5-2/h17,20,22,24-28,49H,4-16,18-19,21,23,29-48H2,1-3H3/b20-17-,24-22-,26-25-,28-27-. The van der Waals surface area contributed by atoms with Crippen molar-refractivity contribution in [3.8, 4) is 0 Å². The Morgan fingerprint density at radius 1 is 0.345 bits per heavy atom. The molecule has 0 aliphatic heterocycles. The fourth-order valence-electron chi connectivity index (χ4n) is 6.85. The van der Waals surface area contributed by atoms with Crippen molar-refractivity contribution in [3.63, 3.8) is 0 Å². The number of carbonyl (C=O) groups excluding carboxylic acids is 3. The van der Waals surface area contributed by atoms with Crippen molar-refractivity contribution >= 4 is 17.9 Å². The van der Waals surface area contributed by atoms with Crippen LogP contribution in [0.1, 0.15) is 245 Å². The van der Waals surface area contributed by atoms with Crippen molar-refractivity contribution in [2.75, 3.05) is 13.2 Å². The third-order valence-electron chi connectivity index (χ3n) is 10.6. The summed E-state index contributed by atoms with van der Waals surface area (Å²) in [5.41, 5.74) is 0. The predicted octanol–water partition coefficient (Wildman–Crippen LogP) is 15.9. The number of hydrogen-bond acceptors (Lipinski definition) is 6. The summed E-state index contributed by atoms with van der Waals surface area (Å²) in [5.74, 6) is -0.910. The third kappa shape index (κ3) is 44.5. The summed E-state index contributed by atoms with van der Waals surface area (Å²) < 4.78 is 16.7. The average Bonchev–Trinajstić information content (AvgIpc) is 3.22. The van der Waals surface area contributed by atoms with Gasteiger partial charge in [0, 0.05) is 19.3 Å². The van der Waals surface area contributed by atoms with Gasteiger partial charge in [-0.1, -0.05) is 204 Å². The molecule has 0 amide bonds. The first-order valence-electron chi connectivity index (χ1n) is 24.7. The molecular formula is C52H92O6. The van der Waals surface area contributed by atoms with E-state index in [4.69, 9.17) is 14.2 Å². The highest BCUT2D eigenvalue weighted by Crippen LogP contribution is 2.14. The first-order valence-corrected chi connectivity index (χ1v) is 24.7. The second-order valence-electron chi connectivity index (χ2n) is 16.4. The van der Waals surface area contributed by atoms with Crippen LogP contribution in [0.3, 0.4) is 0 Å². The molecule has 0 radical (unpaired) electrons.